The summed E-state index contributed by atoms with van der Waals surface area (Å²) in [6, 6.07) is 11.7. The average Bonchev–Trinajstić information content (AvgIpc) is 3.24. The van der Waals surface area contributed by atoms with Crippen molar-refractivity contribution in [1.82, 2.24) is 9.80 Å². The zero-order valence-corrected chi connectivity index (χ0v) is 20.0. The van der Waals surface area contributed by atoms with Gasteiger partial charge in [-0.1, -0.05) is 12.1 Å². The molecule has 7 heteroatoms. The van der Waals surface area contributed by atoms with E-state index in [1.165, 1.54) is 6.07 Å². The molecule has 0 bridgehead atoms. The van der Waals surface area contributed by atoms with Gasteiger partial charge in [0.1, 0.15) is 17.2 Å². The second-order valence-electron chi connectivity index (χ2n) is 10.2. The summed E-state index contributed by atoms with van der Waals surface area (Å²) in [7, 11) is 0. The lowest BCUT2D eigenvalue weighted by molar-refractivity contribution is 0.0765. The molecule has 5 nitrogen and oxygen atoms in total. The molecule has 1 atom stereocenters. The van der Waals surface area contributed by atoms with Crippen LogP contribution in [0.25, 0.3) is 11.1 Å². The molecule has 0 aromatic heterocycles. The number of alkyl halides is 1. The number of rotatable bonds is 7. The summed E-state index contributed by atoms with van der Waals surface area (Å²) in [6.07, 6.45) is 2.02. The molecule has 2 aliphatic rings. The third kappa shape index (κ3) is 6.33. The van der Waals surface area contributed by atoms with Gasteiger partial charge in [-0.15, -0.1) is 0 Å². The van der Waals surface area contributed by atoms with Gasteiger partial charge in [-0.2, -0.15) is 0 Å². The number of carbonyl (C=O) groups excluding carboxylic acids is 1. The minimum absolute atomic E-state index is 0.119. The van der Waals surface area contributed by atoms with Crippen LogP contribution in [0, 0.1) is 11.7 Å². The van der Waals surface area contributed by atoms with Gasteiger partial charge in [0.2, 0.25) is 0 Å². The predicted octanol–water partition coefficient (Wildman–Crippen LogP) is 4.54. The van der Waals surface area contributed by atoms with Crippen LogP contribution in [0.15, 0.2) is 42.5 Å². The SMILES string of the molecule is CC(C)(F)CN1CCC(COc2ccc(-c3ccc(C(=O)N4CCC(O)C4)cc3)c(F)c2)CC1. The van der Waals surface area contributed by atoms with E-state index in [4.69, 9.17) is 4.74 Å². The number of ether oxygens (including phenoxy) is 1. The summed E-state index contributed by atoms with van der Waals surface area (Å²) in [5, 5.41) is 9.64. The van der Waals surface area contributed by atoms with Crippen molar-refractivity contribution < 1.29 is 23.4 Å². The molecular formula is C27H34F2N2O3. The van der Waals surface area contributed by atoms with Gasteiger partial charge in [0.25, 0.3) is 5.91 Å². The first kappa shape index (κ1) is 24.6. The highest BCUT2D eigenvalue weighted by atomic mass is 19.1. The number of likely N-dealkylation sites (tertiary alicyclic amines) is 2. The Morgan fingerprint density at radius 3 is 2.38 bits per heavy atom. The number of aliphatic hydroxyl groups is 1. The molecule has 0 saturated carbocycles. The number of amides is 1. The molecule has 2 aliphatic heterocycles. The van der Waals surface area contributed by atoms with Crippen LogP contribution in [0.4, 0.5) is 8.78 Å². The van der Waals surface area contributed by atoms with Crippen LogP contribution >= 0.6 is 0 Å². The lowest BCUT2D eigenvalue weighted by Gasteiger charge is -2.34. The molecule has 0 aliphatic carbocycles. The van der Waals surface area contributed by atoms with Crippen LogP contribution in [0.3, 0.4) is 0 Å². The van der Waals surface area contributed by atoms with Crippen molar-refractivity contribution in [3.05, 3.63) is 53.8 Å². The summed E-state index contributed by atoms with van der Waals surface area (Å²) in [5.41, 5.74) is 0.477. The predicted molar refractivity (Wildman–Crippen MR) is 128 cm³/mol. The van der Waals surface area contributed by atoms with Crippen molar-refractivity contribution >= 4 is 5.91 Å². The van der Waals surface area contributed by atoms with E-state index in [-0.39, 0.29) is 11.7 Å². The molecule has 0 radical (unpaired) electrons. The van der Waals surface area contributed by atoms with E-state index in [1.807, 2.05) is 0 Å². The van der Waals surface area contributed by atoms with Crippen LogP contribution in [-0.4, -0.2) is 71.9 Å². The van der Waals surface area contributed by atoms with E-state index in [9.17, 15) is 18.7 Å². The molecule has 2 aromatic rings. The van der Waals surface area contributed by atoms with E-state index in [1.54, 1.807) is 55.1 Å². The fraction of sp³-hybridized carbons (Fsp3) is 0.519. The van der Waals surface area contributed by atoms with Gasteiger partial charge in [0, 0.05) is 36.8 Å². The molecular weight excluding hydrogens is 438 g/mol. The molecule has 2 aromatic carbocycles. The molecule has 2 fully saturated rings. The smallest absolute Gasteiger partial charge is 0.253 e. The molecule has 2 heterocycles. The first-order valence-electron chi connectivity index (χ1n) is 12.1. The van der Waals surface area contributed by atoms with Gasteiger partial charge in [-0.05, 0) is 81.9 Å². The third-order valence-corrected chi connectivity index (χ3v) is 6.63. The summed E-state index contributed by atoms with van der Waals surface area (Å²) in [4.78, 5) is 16.3. The zero-order valence-electron chi connectivity index (χ0n) is 20.0. The monoisotopic (exact) mass is 472 g/mol. The van der Waals surface area contributed by atoms with Gasteiger partial charge in [-0.25, -0.2) is 8.78 Å². The summed E-state index contributed by atoms with van der Waals surface area (Å²) >= 11 is 0. The van der Waals surface area contributed by atoms with Gasteiger partial charge < -0.3 is 19.6 Å². The van der Waals surface area contributed by atoms with Gasteiger partial charge in [0.15, 0.2) is 0 Å². The van der Waals surface area contributed by atoms with Crippen molar-refractivity contribution in [2.24, 2.45) is 5.92 Å². The Balaban J connectivity index is 1.31. The highest BCUT2D eigenvalue weighted by molar-refractivity contribution is 5.95. The van der Waals surface area contributed by atoms with E-state index in [2.05, 4.69) is 4.90 Å². The lowest BCUT2D eigenvalue weighted by Crippen LogP contribution is -2.41. The Morgan fingerprint density at radius 1 is 1.09 bits per heavy atom. The van der Waals surface area contributed by atoms with Crippen molar-refractivity contribution in [2.45, 2.75) is 44.9 Å². The number of carbonyl (C=O) groups is 1. The Kier molecular flexibility index (Phi) is 7.53. The quantitative estimate of drug-likeness (QED) is 0.643. The third-order valence-electron chi connectivity index (χ3n) is 6.63. The number of hydrogen-bond acceptors (Lipinski definition) is 4. The normalized spacial score (nSPS) is 20.0. The fourth-order valence-corrected chi connectivity index (χ4v) is 4.78. The van der Waals surface area contributed by atoms with E-state index >= 15 is 0 Å². The van der Waals surface area contributed by atoms with Crippen LogP contribution in [0.1, 0.15) is 43.5 Å². The van der Waals surface area contributed by atoms with Crippen molar-refractivity contribution in [3.8, 4) is 16.9 Å². The van der Waals surface area contributed by atoms with Crippen LogP contribution in [-0.2, 0) is 0 Å². The van der Waals surface area contributed by atoms with Crippen molar-refractivity contribution in [3.63, 3.8) is 0 Å². The minimum Gasteiger partial charge on any atom is -0.493 e. The fourth-order valence-electron chi connectivity index (χ4n) is 4.78. The standard InChI is InChI=1S/C27H34F2N2O3/c1-27(2,29)18-30-12-9-19(10-13-30)17-34-23-7-8-24(25(28)15-23)20-3-5-21(6-4-20)26(33)31-14-11-22(32)16-31/h3-8,15,19,22,32H,9-14,16-18H2,1-2H3. The lowest BCUT2D eigenvalue weighted by atomic mass is 9.97. The topological polar surface area (TPSA) is 53.0 Å². The molecule has 4 rings (SSSR count). The zero-order chi connectivity index (χ0) is 24.3. The molecule has 184 valence electrons. The van der Waals surface area contributed by atoms with E-state index in [0.29, 0.717) is 61.0 Å². The second kappa shape index (κ2) is 10.4. The summed E-state index contributed by atoms with van der Waals surface area (Å²) < 4.78 is 34.5. The maximum atomic E-state index is 14.8. The minimum atomic E-state index is -1.18. The first-order chi connectivity index (χ1) is 16.2. The van der Waals surface area contributed by atoms with Crippen LogP contribution in [0.5, 0.6) is 5.75 Å². The first-order valence-corrected chi connectivity index (χ1v) is 12.1. The Labute approximate surface area is 200 Å². The van der Waals surface area contributed by atoms with Gasteiger partial charge >= 0.3 is 0 Å². The Morgan fingerprint density at radius 2 is 1.79 bits per heavy atom. The van der Waals surface area contributed by atoms with Crippen LogP contribution < -0.4 is 4.74 Å². The molecule has 1 unspecified atom stereocenters. The maximum absolute atomic E-state index is 14.8. The maximum Gasteiger partial charge on any atom is 0.253 e. The Hall–Kier alpha value is -2.51. The number of nitrogens with zero attached hydrogens (tertiary/aromatic N) is 2. The highest BCUT2D eigenvalue weighted by Crippen LogP contribution is 2.28. The van der Waals surface area contributed by atoms with Crippen LogP contribution in [0.2, 0.25) is 0 Å². The van der Waals surface area contributed by atoms with Gasteiger partial charge in [0.05, 0.1) is 12.7 Å². The average molecular weight is 473 g/mol. The number of benzene rings is 2. The van der Waals surface area contributed by atoms with Crippen molar-refractivity contribution in [1.29, 1.82) is 0 Å². The number of hydrogen-bond donors (Lipinski definition) is 1. The second-order valence-corrected chi connectivity index (χ2v) is 10.2. The molecule has 1 amide bonds. The molecule has 34 heavy (non-hydrogen) atoms. The largest absolute Gasteiger partial charge is 0.493 e. The van der Waals surface area contributed by atoms with Crippen molar-refractivity contribution in [2.75, 3.05) is 39.3 Å². The highest BCUT2D eigenvalue weighted by Gasteiger charge is 2.26. The van der Waals surface area contributed by atoms with E-state index < -0.39 is 11.8 Å². The number of halogens is 2. The summed E-state index contributed by atoms with van der Waals surface area (Å²) in [6.45, 7) is 6.79. The summed E-state index contributed by atoms with van der Waals surface area (Å²) in [5.74, 6) is 0.377. The number of aliphatic hydroxyl groups excluding tert-OH is 1. The number of piperidine rings is 1. The Bertz CT molecular complexity index is 982. The van der Waals surface area contributed by atoms with E-state index in [0.717, 1.165) is 25.9 Å². The molecule has 0 spiro atoms. The molecule has 1 N–H and O–H groups in total. The van der Waals surface area contributed by atoms with Gasteiger partial charge in [-0.3, -0.25) is 4.79 Å². The number of β-amino-alcohol motifs (C(OH)–C–C–N with tert-alkyl or cyclic N) is 1. The molecule has 2 saturated heterocycles.